The minimum atomic E-state index is 0.150. The van der Waals surface area contributed by atoms with Crippen molar-refractivity contribution in [3.63, 3.8) is 0 Å². The summed E-state index contributed by atoms with van der Waals surface area (Å²) in [6.45, 7) is 6.79. The molecule has 1 rings (SSSR count). The molecule has 0 saturated heterocycles. The standard InChI is InChI=1S/C8H15N3OS/c1-6(2)11(4-5-12)8-9-7(3)10-13-8/h6,12H,4-5H2,1-3H3. The summed E-state index contributed by atoms with van der Waals surface area (Å²) < 4.78 is 4.11. The Labute approximate surface area is 82.4 Å². The summed E-state index contributed by atoms with van der Waals surface area (Å²) in [7, 11) is 0. The van der Waals surface area contributed by atoms with Crippen LogP contribution < -0.4 is 4.90 Å². The van der Waals surface area contributed by atoms with Crippen LogP contribution in [0.15, 0.2) is 0 Å². The Bertz CT molecular complexity index is 262. The molecular weight excluding hydrogens is 186 g/mol. The highest BCUT2D eigenvalue weighted by Gasteiger charge is 2.13. The Balaban J connectivity index is 2.75. The second kappa shape index (κ2) is 4.53. The lowest BCUT2D eigenvalue weighted by atomic mass is 10.3. The maximum atomic E-state index is 8.87. The first-order chi connectivity index (χ1) is 6.15. The van der Waals surface area contributed by atoms with Crippen LogP contribution in [0.5, 0.6) is 0 Å². The number of aryl methyl sites for hydroxylation is 1. The van der Waals surface area contributed by atoms with E-state index in [0.717, 1.165) is 11.0 Å². The van der Waals surface area contributed by atoms with Crippen molar-refractivity contribution >= 4 is 16.7 Å². The van der Waals surface area contributed by atoms with E-state index in [-0.39, 0.29) is 6.61 Å². The summed E-state index contributed by atoms with van der Waals surface area (Å²) in [5, 5.41) is 9.76. The third kappa shape index (κ3) is 2.63. The largest absolute Gasteiger partial charge is 0.395 e. The number of anilines is 1. The fraction of sp³-hybridized carbons (Fsp3) is 0.750. The molecule has 0 aliphatic carbocycles. The molecule has 0 fully saturated rings. The monoisotopic (exact) mass is 201 g/mol. The highest BCUT2D eigenvalue weighted by Crippen LogP contribution is 2.18. The highest BCUT2D eigenvalue weighted by molar-refractivity contribution is 7.09. The topological polar surface area (TPSA) is 49.2 Å². The molecule has 13 heavy (non-hydrogen) atoms. The van der Waals surface area contributed by atoms with Gasteiger partial charge in [0, 0.05) is 24.1 Å². The first kappa shape index (κ1) is 10.4. The summed E-state index contributed by atoms with van der Waals surface area (Å²) >= 11 is 1.38. The van der Waals surface area contributed by atoms with Crippen molar-refractivity contribution in [1.29, 1.82) is 0 Å². The van der Waals surface area contributed by atoms with Gasteiger partial charge in [-0.1, -0.05) is 0 Å². The van der Waals surface area contributed by atoms with Crippen LogP contribution in [0, 0.1) is 6.92 Å². The Morgan fingerprint density at radius 3 is 2.62 bits per heavy atom. The summed E-state index contributed by atoms with van der Waals surface area (Å²) in [5.41, 5.74) is 0. The quantitative estimate of drug-likeness (QED) is 0.791. The van der Waals surface area contributed by atoms with Crippen LogP contribution in [0.25, 0.3) is 0 Å². The Hall–Kier alpha value is -0.680. The molecule has 0 radical (unpaired) electrons. The fourth-order valence-electron chi connectivity index (χ4n) is 1.09. The molecule has 1 heterocycles. The Kier molecular flexibility index (Phi) is 3.62. The molecule has 0 saturated carbocycles. The van der Waals surface area contributed by atoms with Gasteiger partial charge in [0.1, 0.15) is 5.82 Å². The SMILES string of the molecule is Cc1nsc(N(CCO)C(C)C)n1. The molecule has 0 aliphatic heterocycles. The van der Waals surface area contributed by atoms with E-state index in [4.69, 9.17) is 5.11 Å². The molecule has 0 atom stereocenters. The van der Waals surface area contributed by atoms with Gasteiger partial charge in [-0.2, -0.15) is 4.37 Å². The smallest absolute Gasteiger partial charge is 0.205 e. The first-order valence-electron chi connectivity index (χ1n) is 4.33. The third-order valence-corrected chi connectivity index (χ3v) is 2.57. The molecule has 4 nitrogen and oxygen atoms in total. The van der Waals surface area contributed by atoms with Crippen LogP contribution in [-0.2, 0) is 0 Å². The fourth-order valence-corrected chi connectivity index (χ4v) is 1.92. The lowest BCUT2D eigenvalue weighted by molar-refractivity contribution is 0.299. The third-order valence-electron chi connectivity index (χ3n) is 1.73. The summed E-state index contributed by atoms with van der Waals surface area (Å²) in [5.74, 6) is 0.795. The molecule has 0 aromatic carbocycles. The number of nitrogens with zero attached hydrogens (tertiary/aromatic N) is 3. The number of rotatable bonds is 4. The summed E-state index contributed by atoms with van der Waals surface area (Å²) in [6, 6.07) is 0.347. The number of aliphatic hydroxyl groups is 1. The predicted molar refractivity (Wildman–Crippen MR) is 54.2 cm³/mol. The molecule has 0 bridgehead atoms. The van der Waals surface area contributed by atoms with Gasteiger partial charge in [-0.3, -0.25) is 0 Å². The Morgan fingerprint density at radius 1 is 1.54 bits per heavy atom. The van der Waals surface area contributed by atoms with Gasteiger partial charge >= 0.3 is 0 Å². The van der Waals surface area contributed by atoms with E-state index in [0.29, 0.717) is 12.6 Å². The van der Waals surface area contributed by atoms with Crippen LogP contribution in [0.2, 0.25) is 0 Å². The molecule has 0 unspecified atom stereocenters. The molecule has 0 aliphatic rings. The maximum Gasteiger partial charge on any atom is 0.205 e. The lowest BCUT2D eigenvalue weighted by Gasteiger charge is -2.24. The number of aliphatic hydroxyl groups excluding tert-OH is 1. The van der Waals surface area contributed by atoms with Gasteiger partial charge in [-0.15, -0.1) is 0 Å². The number of aromatic nitrogens is 2. The van der Waals surface area contributed by atoms with Gasteiger partial charge in [0.25, 0.3) is 0 Å². The van der Waals surface area contributed by atoms with Crippen molar-refractivity contribution in [2.45, 2.75) is 26.8 Å². The van der Waals surface area contributed by atoms with Crippen molar-refractivity contribution in [1.82, 2.24) is 9.36 Å². The highest BCUT2D eigenvalue weighted by atomic mass is 32.1. The van der Waals surface area contributed by atoms with Gasteiger partial charge < -0.3 is 10.0 Å². The molecule has 5 heteroatoms. The summed E-state index contributed by atoms with van der Waals surface area (Å²) in [6.07, 6.45) is 0. The van der Waals surface area contributed by atoms with Crippen molar-refractivity contribution < 1.29 is 5.11 Å². The van der Waals surface area contributed by atoms with E-state index in [1.54, 1.807) is 0 Å². The predicted octanol–water partition coefficient (Wildman–Crippen LogP) is 1.05. The average Bonchev–Trinajstić information content (AvgIpc) is 2.46. The zero-order valence-corrected chi connectivity index (χ0v) is 9.01. The van der Waals surface area contributed by atoms with E-state index in [9.17, 15) is 0 Å². The second-order valence-electron chi connectivity index (χ2n) is 3.13. The van der Waals surface area contributed by atoms with Crippen LogP contribution in [0.1, 0.15) is 19.7 Å². The second-order valence-corrected chi connectivity index (χ2v) is 3.87. The molecule has 0 amide bonds. The average molecular weight is 201 g/mol. The van der Waals surface area contributed by atoms with Crippen molar-refractivity contribution in [2.24, 2.45) is 0 Å². The molecule has 1 N–H and O–H groups in total. The maximum absolute atomic E-state index is 8.87. The normalized spacial score (nSPS) is 10.8. The lowest BCUT2D eigenvalue weighted by Crippen LogP contribution is -2.33. The van der Waals surface area contributed by atoms with E-state index >= 15 is 0 Å². The van der Waals surface area contributed by atoms with Crippen LogP contribution in [0.4, 0.5) is 5.13 Å². The van der Waals surface area contributed by atoms with E-state index in [1.165, 1.54) is 11.5 Å². The van der Waals surface area contributed by atoms with E-state index in [1.807, 2.05) is 11.8 Å². The van der Waals surface area contributed by atoms with Crippen molar-refractivity contribution in [2.75, 3.05) is 18.1 Å². The van der Waals surface area contributed by atoms with Gasteiger partial charge in [-0.25, -0.2) is 4.98 Å². The van der Waals surface area contributed by atoms with E-state index < -0.39 is 0 Å². The minimum Gasteiger partial charge on any atom is -0.395 e. The van der Waals surface area contributed by atoms with Gasteiger partial charge in [0.15, 0.2) is 0 Å². The van der Waals surface area contributed by atoms with Crippen molar-refractivity contribution in [3.05, 3.63) is 5.82 Å². The molecule has 0 spiro atoms. The minimum absolute atomic E-state index is 0.150. The van der Waals surface area contributed by atoms with Gasteiger partial charge in [-0.05, 0) is 20.8 Å². The van der Waals surface area contributed by atoms with Crippen LogP contribution >= 0.6 is 11.5 Å². The number of hydrogen-bond acceptors (Lipinski definition) is 5. The van der Waals surface area contributed by atoms with E-state index in [2.05, 4.69) is 23.2 Å². The number of hydrogen-bond donors (Lipinski definition) is 1. The zero-order valence-electron chi connectivity index (χ0n) is 8.19. The molecular formula is C8H15N3OS. The first-order valence-corrected chi connectivity index (χ1v) is 5.10. The Morgan fingerprint density at radius 2 is 2.23 bits per heavy atom. The molecule has 1 aromatic rings. The van der Waals surface area contributed by atoms with Crippen LogP contribution in [-0.4, -0.2) is 33.7 Å². The summed E-state index contributed by atoms with van der Waals surface area (Å²) in [4.78, 5) is 6.32. The zero-order chi connectivity index (χ0) is 9.84. The van der Waals surface area contributed by atoms with Gasteiger partial charge in [0.2, 0.25) is 5.13 Å². The van der Waals surface area contributed by atoms with Crippen LogP contribution in [0.3, 0.4) is 0 Å². The van der Waals surface area contributed by atoms with Gasteiger partial charge in [0.05, 0.1) is 6.61 Å². The molecule has 1 aromatic heterocycles. The molecule has 74 valence electrons. The van der Waals surface area contributed by atoms with Crippen molar-refractivity contribution in [3.8, 4) is 0 Å².